The van der Waals surface area contributed by atoms with Crippen LogP contribution in [-0.2, 0) is 4.79 Å². The Bertz CT molecular complexity index is 284. The van der Waals surface area contributed by atoms with Gasteiger partial charge in [0.2, 0.25) is 6.04 Å². The molecule has 4 nitrogen and oxygen atoms in total. The van der Waals surface area contributed by atoms with E-state index in [4.69, 9.17) is 5.26 Å². The van der Waals surface area contributed by atoms with Crippen LogP contribution in [0.1, 0.15) is 20.8 Å². The van der Waals surface area contributed by atoms with Gasteiger partial charge < -0.3 is 5.32 Å². The van der Waals surface area contributed by atoms with Crippen LogP contribution >= 0.6 is 18.5 Å². The second-order valence-electron chi connectivity index (χ2n) is 3.82. The number of nitrogens with zero attached hydrogens (tertiary/aromatic N) is 2. The van der Waals surface area contributed by atoms with Crippen molar-refractivity contribution in [2.45, 2.75) is 32.4 Å². The molecular weight excluding hydrogens is 216 g/mol. The second kappa shape index (κ2) is 5.39. The summed E-state index contributed by atoms with van der Waals surface area (Å²) in [5.41, 5.74) is -0.344. The zero-order chi connectivity index (χ0) is 11.4. The van der Waals surface area contributed by atoms with Gasteiger partial charge in [-0.3, -0.25) is 9.79 Å². The van der Waals surface area contributed by atoms with Crippen LogP contribution in [0.2, 0.25) is 0 Å². The highest BCUT2D eigenvalue weighted by atomic mass is 31.1. The molecule has 0 aliphatic carbocycles. The fourth-order valence-corrected chi connectivity index (χ4v) is 1.03. The molecule has 0 aliphatic heterocycles. The Morgan fingerprint density at radius 1 is 1.50 bits per heavy atom. The summed E-state index contributed by atoms with van der Waals surface area (Å²) in [5.74, 6) is -0.373. The minimum atomic E-state index is -0.973. The Balaban J connectivity index is 4.52. The molecule has 0 rings (SSSR count). The molecule has 0 heterocycles. The topological polar surface area (TPSA) is 65.2 Å². The molecule has 0 radical (unpaired) electrons. The summed E-state index contributed by atoms with van der Waals surface area (Å²) in [5, 5.41) is 12.0. The van der Waals surface area contributed by atoms with E-state index in [-0.39, 0.29) is 11.4 Å². The Kier molecular flexibility index (Phi) is 5.19. The molecule has 0 fully saturated rings. The van der Waals surface area contributed by atoms with Crippen molar-refractivity contribution in [3.05, 3.63) is 0 Å². The van der Waals surface area contributed by atoms with Gasteiger partial charge >= 0.3 is 0 Å². The predicted molar refractivity (Wildman–Crippen MR) is 64.2 cm³/mol. The van der Waals surface area contributed by atoms with Gasteiger partial charge in [-0.1, -0.05) is 18.5 Å². The maximum absolute atomic E-state index is 11.5. The highest BCUT2D eigenvalue weighted by molar-refractivity contribution is 7.69. The van der Waals surface area contributed by atoms with E-state index < -0.39 is 6.04 Å². The molecule has 78 valence electrons. The molecule has 1 N–H and O–H groups in total. The maximum Gasteiger partial charge on any atom is 0.259 e. The summed E-state index contributed by atoms with van der Waals surface area (Å²) >= 11 is 0. The molecule has 1 amide bonds. The first-order valence-electron chi connectivity index (χ1n) is 4.06. The first kappa shape index (κ1) is 13.5. The first-order chi connectivity index (χ1) is 6.26. The van der Waals surface area contributed by atoms with Crippen LogP contribution in [0.4, 0.5) is 0 Å². The number of rotatable bonds is 2. The van der Waals surface area contributed by atoms with Gasteiger partial charge in [0.05, 0.1) is 6.07 Å². The Morgan fingerprint density at radius 2 is 2.00 bits per heavy atom. The monoisotopic (exact) mass is 231 g/mol. The molecular formula is C8H15N3OP2. The van der Waals surface area contributed by atoms with E-state index in [2.05, 4.69) is 28.8 Å². The number of hydrogen-bond acceptors (Lipinski definition) is 3. The van der Waals surface area contributed by atoms with Gasteiger partial charge in [0.15, 0.2) is 0 Å². The Hall–Kier alpha value is -0.510. The number of nitriles is 1. The largest absolute Gasteiger partial charge is 0.349 e. The highest BCUT2D eigenvalue weighted by Crippen LogP contribution is 2.05. The summed E-state index contributed by atoms with van der Waals surface area (Å²) in [6.45, 7) is 5.56. The van der Waals surface area contributed by atoms with Crippen molar-refractivity contribution in [2.24, 2.45) is 4.99 Å². The Labute approximate surface area is 89.0 Å². The molecule has 0 aliphatic rings. The van der Waals surface area contributed by atoms with Crippen LogP contribution < -0.4 is 5.32 Å². The molecule has 0 aromatic heterocycles. The Morgan fingerprint density at radius 3 is 2.29 bits per heavy atom. The summed E-state index contributed by atoms with van der Waals surface area (Å²) in [6.07, 6.45) is 0. The van der Waals surface area contributed by atoms with Crippen LogP contribution in [0.25, 0.3) is 0 Å². The number of aliphatic imine (C=N–C) groups is 1. The number of carbonyl (C=O) groups excluding carboxylic acids is 1. The van der Waals surface area contributed by atoms with E-state index in [1.54, 1.807) is 0 Å². The average Bonchev–Trinajstić information content (AvgIpc) is 1.96. The van der Waals surface area contributed by atoms with Gasteiger partial charge in [-0.2, -0.15) is 5.26 Å². The number of hydrogen-bond donors (Lipinski definition) is 1. The lowest BCUT2D eigenvalue weighted by Gasteiger charge is -2.21. The van der Waals surface area contributed by atoms with E-state index >= 15 is 0 Å². The maximum atomic E-state index is 11.5. The predicted octanol–water partition coefficient (Wildman–Crippen LogP) is 0.899. The van der Waals surface area contributed by atoms with Crippen LogP contribution in [0, 0.1) is 11.3 Å². The lowest BCUT2D eigenvalue weighted by atomic mass is 10.1. The molecule has 14 heavy (non-hydrogen) atoms. The molecule has 6 heteroatoms. The fraction of sp³-hybridized carbons (Fsp3) is 0.625. The van der Waals surface area contributed by atoms with E-state index in [9.17, 15) is 4.79 Å². The molecule has 0 aromatic carbocycles. The van der Waals surface area contributed by atoms with Gasteiger partial charge in [0.1, 0.15) is 0 Å². The van der Waals surface area contributed by atoms with Gasteiger partial charge in [-0.15, -0.1) is 0 Å². The summed E-state index contributed by atoms with van der Waals surface area (Å²) in [6, 6.07) is 0.857. The molecule has 3 unspecified atom stereocenters. The van der Waals surface area contributed by atoms with Gasteiger partial charge in [0.25, 0.3) is 5.91 Å². The summed E-state index contributed by atoms with van der Waals surface area (Å²) in [7, 11) is 4.62. The zero-order valence-electron chi connectivity index (χ0n) is 8.53. The molecule has 3 atom stereocenters. The molecule has 0 aromatic rings. The van der Waals surface area contributed by atoms with Crippen molar-refractivity contribution >= 4 is 29.6 Å². The second-order valence-corrected chi connectivity index (χ2v) is 5.67. The third-order valence-corrected chi connectivity index (χ3v) is 1.45. The molecule has 0 saturated heterocycles. The molecule has 0 spiro atoms. The van der Waals surface area contributed by atoms with Crippen LogP contribution in [0.5, 0.6) is 0 Å². The minimum Gasteiger partial charge on any atom is -0.349 e. The first-order valence-corrected chi connectivity index (χ1v) is 5.22. The van der Waals surface area contributed by atoms with Crippen LogP contribution in [0.15, 0.2) is 4.99 Å². The zero-order valence-corrected chi connectivity index (χ0v) is 10.8. The normalized spacial score (nSPS) is 12.6. The van der Waals surface area contributed by atoms with Crippen LogP contribution in [-0.4, -0.2) is 22.7 Å². The fourth-order valence-electron chi connectivity index (χ4n) is 0.733. The van der Waals surface area contributed by atoms with Crippen molar-refractivity contribution in [1.29, 1.82) is 5.26 Å². The quantitative estimate of drug-likeness (QED) is 0.566. The van der Waals surface area contributed by atoms with Crippen molar-refractivity contribution < 1.29 is 4.79 Å². The standard InChI is InChI=1S/C8H15N3OP2/c1-8(2,3)11-6(12)5(4-9)10-7(13)14/h5H,13-14H2,1-3H3,(H,11,12). The van der Waals surface area contributed by atoms with Crippen molar-refractivity contribution in [2.75, 3.05) is 0 Å². The number of amides is 1. The third kappa shape index (κ3) is 6.02. The van der Waals surface area contributed by atoms with Gasteiger partial charge in [-0.05, 0) is 20.8 Å². The minimum absolute atomic E-state index is 0.344. The van der Waals surface area contributed by atoms with Crippen molar-refractivity contribution in [3.8, 4) is 6.07 Å². The lowest BCUT2D eigenvalue weighted by Crippen LogP contribution is -2.45. The van der Waals surface area contributed by atoms with E-state index in [0.29, 0.717) is 5.19 Å². The summed E-state index contributed by atoms with van der Waals surface area (Å²) < 4.78 is 0. The number of carbonyl (C=O) groups is 1. The van der Waals surface area contributed by atoms with Gasteiger partial charge in [0, 0.05) is 10.7 Å². The van der Waals surface area contributed by atoms with Gasteiger partial charge in [-0.25, -0.2) is 0 Å². The average molecular weight is 231 g/mol. The molecule has 0 saturated carbocycles. The molecule has 0 bridgehead atoms. The van der Waals surface area contributed by atoms with E-state index in [1.165, 1.54) is 0 Å². The van der Waals surface area contributed by atoms with E-state index in [1.807, 2.05) is 26.8 Å². The van der Waals surface area contributed by atoms with Crippen LogP contribution in [0.3, 0.4) is 0 Å². The highest BCUT2D eigenvalue weighted by Gasteiger charge is 2.21. The smallest absolute Gasteiger partial charge is 0.259 e. The van der Waals surface area contributed by atoms with Crippen molar-refractivity contribution in [3.63, 3.8) is 0 Å². The van der Waals surface area contributed by atoms with E-state index in [0.717, 1.165) is 0 Å². The lowest BCUT2D eigenvalue weighted by molar-refractivity contribution is -0.122. The summed E-state index contributed by atoms with van der Waals surface area (Å²) in [4.78, 5) is 15.3. The number of nitrogens with one attached hydrogen (secondary N) is 1. The third-order valence-electron chi connectivity index (χ3n) is 1.15. The SMILES string of the molecule is CC(C)(C)NC(=O)C(C#N)N=C(P)P. The van der Waals surface area contributed by atoms with Crippen molar-refractivity contribution in [1.82, 2.24) is 5.32 Å².